The van der Waals surface area contributed by atoms with E-state index in [1.54, 1.807) is 18.2 Å². The molecule has 0 bridgehead atoms. The van der Waals surface area contributed by atoms with Gasteiger partial charge in [-0.25, -0.2) is 0 Å². The van der Waals surface area contributed by atoms with Crippen molar-refractivity contribution in [2.45, 2.75) is 45.3 Å². The third-order valence-corrected chi connectivity index (χ3v) is 4.30. The van der Waals surface area contributed by atoms with Crippen LogP contribution in [-0.4, -0.2) is 22.9 Å². The van der Waals surface area contributed by atoms with Crippen molar-refractivity contribution in [3.8, 4) is 5.75 Å². The van der Waals surface area contributed by atoms with Crippen molar-refractivity contribution in [2.75, 3.05) is 5.32 Å². The number of carbonyl (C=O) groups is 2. The second-order valence-corrected chi connectivity index (χ2v) is 6.46. The number of anilines is 1. The fraction of sp³-hybridized carbons (Fsp3) is 0.350. The maximum Gasteiger partial charge on any atom is 0.313 e. The van der Waals surface area contributed by atoms with Crippen LogP contribution < -0.4 is 15.4 Å². The van der Waals surface area contributed by atoms with Crippen LogP contribution in [-0.2, 0) is 16.1 Å². The van der Waals surface area contributed by atoms with Crippen LogP contribution in [0.25, 0.3) is 0 Å². The summed E-state index contributed by atoms with van der Waals surface area (Å²) in [5.41, 5.74) is 2.12. The van der Waals surface area contributed by atoms with Crippen LogP contribution in [0.4, 0.5) is 5.69 Å². The van der Waals surface area contributed by atoms with Crippen molar-refractivity contribution in [3.63, 3.8) is 0 Å². The maximum atomic E-state index is 12.0. The van der Waals surface area contributed by atoms with Gasteiger partial charge in [-0.3, -0.25) is 14.6 Å². The Bertz CT molecular complexity index is 768. The van der Waals surface area contributed by atoms with Crippen molar-refractivity contribution in [1.82, 2.24) is 10.3 Å². The van der Waals surface area contributed by atoms with Crippen molar-refractivity contribution < 1.29 is 14.3 Å². The average molecular weight is 353 g/mol. The molecule has 0 unspecified atom stereocenters. The van der Waals surface area contributed by atoms with Gasteiger partial charge in [-0.2, -0.15) is 0 Å². The Labute approximate surface area is 153 Å². The molecule has 1 saturated carbocycles. The highest BCUT2D eigenvalue weighted by Crippen LogP contribution is 2.24. The summed E-state index contributed by atoms with van der Waals surface area (Å²) < 4.78 is 5.88. The number of ether oxygens (including phenoxy) is 1. The zero-order valence-electron chi connectivity index (χ0n) is 14.8. The number of nitrogens with one attached hydrogen (secondary N) is 2. The van der Waals surface area contributed by atoms with E-state index < -0.39 is 11.8 Å². The molecule has 1 aromatic carbocycles. The van der Waals surface area contributed by atoms with Gasteiger partial charge in [0.2, 0.25) is 0 Å². The van der Waals surface area contributed by atoms with Gasteiger partial charge in [0.15, 0.2) is 0 Å². The molecule has 6 nitrogen and oxygen atoms in total. The van der Waals surface area contributed by atoms with E-state index in [2.05, 4.69) is 15.6 Å². The topological polar surface area (TPSA) is 80.3 Å². The number of aromatic nitrogens is 1. The number of nitrogens with zero attached hydrogens (tertiary/aromatic N) is 1. The monoisotopic (exact) mass is 353 g/mol. The fourth-order valence-corrected chi connectivity index (χ4v) is 2.95. The molecule has 6 heteroatoms. The number of hydrogen-bond acceptors (Lipinski definition) is 4. The van der Waals surface area contributed by atoms with Gasteiger partial charge in [0.1, 0.15) is 5.75 Å². The molecule has 1 aromatic heterocycles. The predicted octanol–water partition coefficient (Wildman–Crippen LogP) is 2.97. The molecule has 0 atom stereocenters. The molecule has 2 N–H and O–H groups in total. The van der Waals surface area contributed by atoms with E-state index in [-0.39, 0.29) is 12.6 Å². The summed E-state index contributed by atoms with van der Waals surface area (Å²) in [6.07, 6.45) is 4.90. The number of benzene rings is 1. The van der Waals surface area contributed by atoms with Crippen molar-refractivity contribution >= 4 is 17.5 Å². The largest absolute Gasteiger partial charge is 0.490 e. The third kappa shape index (κ3) is 5.05. The summed E-state index contributed by atoms with van der Waals surface area (Å²) >= 11 is 0. The summed E-state index contributed by atoms with van der Waals surface area (Å²) in [5, 5.41) is 5.15. The summed E-state index contributed by atoms with van der Waals surface area (Å²) in [4.78, 5) is 28.2. The van der Waals surface area contributed by atoms with Crippen LogP contribution in [0.2, 0.25) is 0 Å². The van der Waals surface area contributed by atoms with E-state index in [1.165, 1.54) is 12.8 Å². The molecule has 2 amide bonds. The van der Waals surface area contributed by atoms with Crippen molar-refractivity contribution in [1.29, 1.82) is 0 Å². The normalized spacial score (nSPS) is 14.0. The molecule has 1 aliphatic carbocycles. The minimum Gasteiger partial charge on any atom is -0.490 e. The van der Waals surface area contributed by atoms with Crippen LogP contribution in [0.5, 0.6) is 5.75 Å². The highest BCUT2D eigenvalue weighted by Gasteiger charge is 2.17. The van der Waals surface area contributed by atoms with Crippen LogP contribution in [0.15, 0.2) is 42.5 Å². The second kappa shape index (κ2) is 8.47. The molecule has 26 heavy (non-hydrogen) atoms. The van der Waals surface area contributed by atoms with Gasteiger partial charge in [0, 0.05) is 11.4 Å². The minimum atomic E-state index is -0.706. The summed E-state index contributed by atoms with van der Waals surface area (Å²) in [5.74, 6) is -0.619. The van der Waals surface area contributed by atoms with Crippen molar-refractivity contribution in [2.24, 2.45) is 0 Å². The van der Waals surface area contributed by atoms with E-state index in [0.717, 1.165) is 24.3 Å². The summed E-state index contributed by atoms with van der Waals surface area (Å²) in [7, 11) is 0. The van der Waals surface area contributed by atoms with Crippen molar-refractivity contribution in [3.05, 3.63) is 53.9 Å². The quantitative estimate of drug-likeness (QED) is 0.810. The number of carbonyl (C=O) groups excluding carboxylic acids is 2. The molecule has 0 saturated heterocycles. The Morgan fingerprint density at radius 1 is 1.08 bits per heavy atom. The molecule has 1 heterocycles. The van der Waals surface area contributed by atoms with Crippen LogP contribution in [0.3, 0.4) is 0 Å². The Morgan fingerprint density at radius 3 is 2.50 bits per heavy atom. The molecule has 136 valence electrons. The van der Waals surface area contributed by atoms with Gasteiger partial charge < -0.3 is 15.4 Å². The highest BCUT2D eigenvalue weighted by atomic mass is 16.5. The first-order chi connectivity index (χ1) is 12.6. The highest BCUT2D eigenvalue weighted by molar-refractivity contribution is 6.39. The van der Waals surface area contributed by atoms with E-state index in [1.807, 2.05) is 31.2 Å². The van der Waals surface area contributed by atoms with E-state index >= 15 is 0 Å². The van der Waals surface area contributed by atoms with Gasteiger partial charge in [0.05, 0.1) is 18.3 Å². The second-order valence-electron chi connectivity index (χ2n) is 6.46. The average Bonchev–Trinajstić information content (AvgIpc) is 3.14. The van der Waals surface area contributed by atoms with Gasteiger partial charge in [-0.05, 0) is 69.0 Å². The third-order valence-electron chi connectivity index (χ3n) is 4.30. The minimum absolute atomic E-state index is 0.210. The first-order valence-corrected chi connectivity index (χ1v) is 8.88. The van der Waals surface area contributed by atoms with Gasteiger partial charge >= 0.3 is 11.8 Å². The smallest absolute Gasteiger partial charge is 0.313 e. The summed E-state index contributed by atoms with van der Waals surface area (Å²) in [6.45, 7) is 2.08. The lowest BCUT2D eigenvalue weighted by molar-refractivity contribution is -0.136. The molecule has 1 aliphatic rings. The molecule has 2 aromatic rings. The van der Waals surface area contributed by atoms with E-state index in [4.69, 9.17) is 4.74 Å². The van der Waals surface area contributed by atoms with Crippen LogP contribution in [0.1, 0.15) is 37.1 Å². The summed E-state index contributed by atoms with van der Waals surface area (Å²) in [6, 6.07) is 12.6. The molecule has 0 spiro atoms. The van der Waals surface area contributed by atoms with Crippen LogP contribution >= 0.6 is 0 Å². The fourth-order valence-electron chi connectivity index (χ4n) is 2.95. The Hall–Kier alpha value is -2.89. The molecular weight excluding hydrogens is 330 g/mol. The van der Waals surface area contributed by atoms with E-state index in [0.29, 0.717) is 11.4 Å². The van der Waals surface area contributed by atoms with Crippen LogP contribution in [0, 0.1) is 6.92 Å². The lowest BCUT2D eigenvalue weighted by atomic mass is 10.2. The lowest BCUT2D eigenvalue weighted by Gasteiger charge is -2.13. The molecule has 3 rings (SSSR count). The first kappa shape index (κ1) is 17.9. The standard InChI is InChI=1S/C20H23N3O3/c1-14-5-4-6-16(22-14)13-21-19(24)20(25)23-15-9-11-18(12-10-15)26-17-7-2-3-8-17/h4-6,9-12,17H,2-3,7-8,13H2,1H3,(H,21,24)(H,23,25). The Kier molecular flexibility index (Phi) is 5.84. The van der Waals surface area contributed by atoms with E-state index in [9.17, 15) is 9.59 Å². The van der Waals surface area contributed by atoms with Gasteiger partial charge in [-0.1, -0.05) is 6.07 Å². The SMILES string of the molecule is Cc1cccc(CNC(=O)C(=O)Nc2ccc(OC3CCCC3)cc2)n1. The molecule has 0 radical (unpaired) electrons. The van der Waals surface area contributed by atoms with Gasteiger partial charge in [-0.15, -0.1) is 0 Å². The Balaban J connectivity index is 1.48. The zero-order chi connectivity index (χ0) is 18.4. The number of rotatable bonds is 5. The first-order valence-electron chi connectivity index (χ1n) is 8.88. The zero-order valence-corrected chi connectivity index (χ0v) is 14.8. The molecular formula is C20H23N3O3. The number of pyridine rings is 1. The lowest BCUT2D eigenvalue weighted by Crippen LogP contribution is -2.35. The molecule has 0 aliphatic heterocycles. The maximum absolute atomic E-state index is 12.0. The van der Waals surface area contributed by atoms with Gasteiger partial charge in [0.25, 0.3) is 0 Å². The number of aryl methyl sites for hydroxylation is 1. The number of amides is 2. The Morgan fingerprint density at radius 2 is 1.81 bits per heavy atom. The number of hydrogen-bond donors (Lipinski definition) is 2. The molecule has 1 fully saturated rings. The predicted molar refractivity (Wildman–Crippen MR) is 98.8 cm³/mol.